The molecule has 0 saturated carbocycles. The lowest BCUT2D eigenvalue weighted by molar-refractivity contribution is -0.119. The van der Waals surface area contributed by atoms with Crippen molar-refractivity contribution >= 4 is 17.5 Å². The van der Waals surface area contributed by atoms with Gasteiger partial charge in [0.25, 0.3) is 5.91 Å². The molecule has 0 fully saturated rings. The maximum Gasteiger partial charge on any atom is 0.255 e. The Bertz CT molecular complexity index is 485. The normalized spacial score (nSPS) is 10.5. The number of rotatable bonds is 11. The van der Waals surface area contributed by atoms with Crippen molar-refractivity contribution in [3.8, 4) is 11.5 Å². The zero-order valence-corrected chi connectivity index (χ0v) is 13.3. The van der Waals surface area contributed by atoms with Crippen molar-refractivity contribution in [2.45, 2.75) is 6.54 Å². The Labute approximate surface area is 134 Å². The molecular weight excluding hydrogens is 310 g/mol. The highest BCUT2D eigenvalue weighted by Crippen LogP contribution is 2.36. The zero-order chi connectivity index (χ0) is 16.4. The van der Waals surface area contributed by atoms with Crippen LogP contribution in [0.2, 0.25) is 5.02 Å². The van der Waals surface area contributed by atoms with Gasteiger partial charge in [0, 0.05) is 26.2 Å². The monoisotopic (exact) mass is 331 g/mol. The van der Waals surface area contributed by atoms with Crippen LogP contribution in [0.1, 0.15) is 5.56 Å². The van der Waals surface area contributed by atoms with Crippen molar-refractivity contribution < 1.29 is 19.4 Å². The molecule has 7 nitrogen and oxygen atoms in total. The molecule has 0 saturated heterocycles. The number of nitrogens with one attached hydrogen (secondary N) is 2. The van der Waals surface area contributed by atoms with Gasteiger partial charge in [0.2, 0.25) is 0 Å². The van der Waals surface area contributed by atoms with Crippen LogP contribution in [0.25, 0.3) is 0 Å². The number of nitrogens with two attached hydrogens (primary N) is 1. The number of halogens is 1. The highest BCUT2D eigenvalue weighted by Gasteiger charge is 2.13. The predicted octanol–water partition coefficient (Wildman–Crippen LogP) is -0.116. The molecule has 8 heteroatoms. The van der Waals surface area contributed by atoms with Crippen LogP contribution in [-0.4, -0.2) is 51.0 Å². The van der Waals surface area contributed by atoms with Crippen LogP contribution in [0, 0.1) is 0 Å². The molecular formula is C14H22ClN3O4. The van der Waals surface area contributed by atoms with Gasteiger partial charge in [0.05, 0.1) is 18.7 Å². The lowest BCUT2D eigenvalue weighted by Gasteiger charge is -2.14. The number of methoxy groups -OCH3 is 1. The summed E-state index contributed by atoms with van der Waals surface area (Å²) in [7, 11) is 1.50. The van der Waals surface area contributed by atoms with Crippen LogP contribution in [0.4, 0.5) is 0 Å². The first-order chi connectivity index (χ1) is 10.6. The Morgan fingerprint density at radius 2 is 2.05 bits per heavy atom. The third-order valence-electron chi connectivity index (χ3n) is 2.74. The number of hydrogen-bond donors (Lipinski definition) is 4. The zero-order valence-electron chi connectivity index (χ0n) is 12.5. The van der Waals surface area contributed by atoms with Gasteiger partial charge in [-0.2, -0.15) is 0 Å². The lowest BCUT2D eigenvalue weighted by Crippen LogP contribution is -2.28. The van der Waals surface area contributed by atoms with Gasteiger partial charge in [-0.3, -0.25) is 4.79 Å². The fourth-order valence-electron chi connectivity index (χ4n) is 1.77. The summed E-state index contributed by atoms with van der Waals surface area (Å²) in [5.74, 6) is 0.166. The second kappa shape index (κ2) is 10.2. The van der Waals surface area contributed by atoms with E-state index in [0.717, 1.165) is 18.7 Å². The van der Waals surface area contributed by atoms with Crippen LogP contribution in [0.3, 0.4) is 0 Å². The first-order valence-electron chi connectivity index (χ1n) is 6.88. The Kier molecular flexibility index (Phi) is 8.61. The molecule has 0 aliphatic rings. The minimum atomic E-state index is -0.584. The van der Waals surface area contributed by atoms with Crippen LogP contribution >= 0.6 is 11.6 Å². The molecule has 0 spiro atoms. The van der Waals surface area contributed by atoms with Crippen molar-refractivity contribution in [3.63, 3.8) is 0 Å². The maximum absolute atomic E-state index is 10.8. The molecule has 1 amide bonds. The summed E-state index contributed by atoms with van der Waals surface area (Å²) >= 11 is 6.15. The molecule has 0 bridgehead atoms. The van der Waals surface area contributed by atoms with Gasteiger partial charge < -0.3 is 30.9 Å². The quantitative estimate of drug-likeness (QED) is 0.421. The van der Waals surface area contributed by atoms with Crippen LogP contribution in [-0.2, 0) is 11.3 Å². The molecule has 1 aromatic rings. The maximum atomic E-state index is 10.8. The van der Waals surface area contributed by atoms with Gasteiger partial charge in [0.15, 0.2) is 18.1 Å². The fraction of sp³-hybridized carbons (Fsp3) is 0.500. The lowest BCUT2D eigenvalue weighted by atomic mass is 10.2. The van der Waals surface area contributed by atoms with E-state index in [2.05, 4.69) is 10.6 Å². The van der Waals surface area contributed by atoms with Gasteiger partial charge in [-0.1, -0.05) is 11.6 Å². The van der Waals surface area contributed by atoms with E-state index in [1.54, 1.807) is 12.1 Å². The number of amides is 1. The van der Waals surface area contributed by atoms with Gasteiger partial charge >= 0.3 is 0 Å². The molecule has 0 heterocycles. The van der Waals surface area contributed by atoms with Crippen molar-refractivity contribution in [2.24, 2.45) is 5.73 Å². The van der Waals surface area contributed by atoms with Gasteiger partial charge in [0.1, 0.15) is 0 Å². The Morgan fingerprint density at radius 3 is 2.68 bits per heavy atom. The van der Waals surface area contributed by atoms with E-state index >= 15 is 0 Å². The summed E-state index contributed by atoms with van der Waals surface area (Å²) in [6.45, 7) is 2.55. The van der Waals surface area contributed by atoms with Crippen molar-refractivity contribution in [3.05, 3.63) is 22.7 Å². The molecule has 124 valence electrons. The van der Waals surface area contributed by atoms with Crippen LogP contribution < -0.4 is 25.8 Å². The molecule has 0 atom stereocenters. The summed E-state index contributed by atoms with van der Waals surface area (Å²) < 4.78 is 10.5. The smallest absolute Gasteiger partial charge is 0.255 e. The summed E-state index contributed by atoms with van der Waals surface area (Å²) in [5.41, 5.74) is 5.97. The van der Waals surface area contributed by atoms with Gasteiger partial charge in [-0.15, -0.1) is 0 Å². The molecule has 0 unspecified atom stereocenters. The van der Waals surface area contributed by atoms with E-state index in [4.69, 9.17) is 31.9 Å². The number of primary amides is 1. The topological polar surface area (TPSA) is 106 Å². The number of benzene rings is 1. The van der Waals surface area contributed by atoms with E-state index < -0.39 is 5.91 Å². The number of carbonyl (C=O) groups excluding carboxylic acids is 1. The average molecular weight is 332 g/mol. The molecule has 0 aliphatic carbocycles. The first kappa shape index (κ1) is 18.5. The van der Waals surface area contributed by atoms with E-state index in [-0.39, 0.29) is 13.2 Å². The number of aliphatic hydroxyl groups is 1. The molecule has 0 radical (unpaired) electrons. The Morgan fingerprint density at radius 1 is 1.32 bits per heavy atom. The Balaban J connectivity index is 2.58. The minimum absolute atomic E-state index is 0.125. The van der Waals surface area contributed by atoms with E-state index in [0.29, 0.717) is 29.6 Å². The summed E-state index contributed by atoms with van der Waals surface area (Å²) in [4.78, 5) is 10.8. The SMILES string of the molecule is COc1cc(CNCCNCCO)cc(Cl)c1OCC(N)=O. The highest BCUT2D eigenvalue weighted by molar-refractivity contribution is 6.32. The second-order valence-electron chi connectivity index (χ2n) is 4.51. The molecule has 22 heavy (non-hydrogen) atoms. The van der Waals surface area contributed by atoms with E-state index in [9.17, 15) is 4.79 Å². The van der Waals surface area contributed by atoms with Crippen molar-refractivity contribution in [2.75, 3.05) is 40.0 Å². The Hall–Kier alpha value is -1.54. The third-order valence-corrected chi connectivity index (χ3v) is 3.03. The number of aliphatic hydroxyl groups excluding tert-OH is 1. The van der Waals surface area contributed by atoms with E-state index in [1.165, 1.54) is 7.11 Å². The van der Waals surface area contributed by atoms with Crippen molar-refractivity contribution in [1.29, 1.82) is 0 Å². The summed E-state index contributed by atoms with van der Waals surface area (Å²) in [6.07, 6.45) is 0. The first-order valence-corrected chi connectivity index (χ1v) is 7.26. The number of carbonyl (C=O) groups is 1. The van der Waals surface area contributed by atoms with Crippen LogP contribution in [0.15, 0.2) is 12.1 Å². The van der Waals surface area contributed by atoms with Crippen molar-refractivity contribution in [1.82, 2.24) is 10.6 Å². The summed E-state index contributed by atoms with van der Waals surface area (Å²) in [6, 6.07) is 3.53. The molecule has 0 aliphatic heterocycles. The summed E-state index contributed by atoms with van der Waals surface area (Å²) in [5, 5.41) is 15.3. The fourth-order valence-corrected chi connectivity index (χ4v) is 2.06. The molecule has 1 aromatic carbocycles. The largest absolute Gasteiger partial charge is 0.493 e. The average Bonchev–Trinajstić information content (AvgIpc) is 2.48. The molecule has 1 rings (SSSR count). The highest BCUT2D eigenvalue weighted by atomic mass is 35.5. The third kappa shape index (κ3) is 6.48. The molecule has 5 N–H and O–H groups in total. The van der Waals surface area contributed by atoms with E-state index in [1.807, 2.05) is 0 Å². The number of ether oxygens (including phenoxy) is 2. The standard InChI is InChI=1S/C14H22ClN3O4/c1-21-12-7-10(8-18-3-2-17-4-5-19)6-11(15)14(12)22-9-13(16)20/h6-7,17-19H,2-5,8-9H2,1H3,(H2,16,20). The predicted molar refractivity (Wildman–Crippen MR) is 84.4 cm³/mol. The van der Waals surface area contributed by atoms with Gasteiger partial charge in [-0.05, 0) is 17.7 Å². The molecule has 0 aromatic heterocycles. The number of hydrogen-bond acceptors (Lipinski definition) is 6. The second-order valence-corrected chi connectivity index (χ2v) is 4.92. The van der Waals surface area contributed by atoms with Crippen LogP contribution in [0.5, 0.6) is 11.5 Å². The van der Waals surface area contributed by atoms with Gasteiger partial charge in [-0.25, -0.2) is 0 Å². The minimum Gasteiger partial charge on any atom is -0.493 e.